The van der Waals surface area contributed by atoms with Gasteiger partial charge in [0.25, 0.3) is 0 Å². The fourth-order valence-electron chi connectivity index (χ4n) is 2.47. The molecule has 0 saturated carbocycles. The van der Waals surface area contributed by atoms with Crippen molar-refractivity contribution in [2.24, 2.45) is 5.92 Å². The zero-order valence-electron chi connectivity index (χ0n) is 14.3. The van der Waals surface area contributed by atoms with Crippen molar-refractivity contribution in [3.63, 3.8) is 0 Å². The van der Waals surface area contributed by atoms with Crippen LogP contribution in [0.3, 0.4) is 0 Å². The second-order valence-corrected chi connectivity index (χ2v) is 6.26. The molecule has 0 aliphatic heterocycles. The van der Waals surface area contributed by atoms with Crippen molar-refractivity contribution in [1.29, 1.82) is 0 Å². The lowest BCUT2D eigenvalue weighted by atomic mass is 9.98. The highest BCUT2D eigenvalue weighted by molar-refractivity contribution is 5.84. The average molecular weight is 329 g/mol. The van der Waals surface area contributed by atoms with Gasteiger partial charge in [-0.1, -0.05) is 58.8 Å². The molecule has 0 rings (SSSR count). The number of carboxylic acid groups (broad SMARTS) is 2. The van der Waals surface area contributed by atoms with Gasteiger partial charge < -0.3 is 15.5 Å². The number of carbonyl (C=O) groups excluding carboxylic acids is 1. The van der Waals surface area contributed by atoms with E-state index in [9.17, 15) is 14.4 Å². The van der Waals surface area contributed by atoms with Gasteiger partial charge in [-0.2, -0.15) is 0 Å². The van der Waals surface area contributed by atoms with Gasteiger partial charge in [-0.25, -0.2) is 4.79 Å². The van der Waals surface area contributed by atoms with Gasteiger partial charge in [-0.3, -0.25) is 9.59 Å². The fraction of sp³-hybridized carbons (Fsp3) is 0.824. The standard InChI is InChI=1S/C17H31NO5/c1-3-4-5-6-7-8-9-13(2)12-15(19)18-14(17(22)23)10-11-16(20)21/h13-14H,3-12H2,1-2H3,(H,18,19)(H,20,21)(H,22,23). The summed E-state index contributed by atoms with van der Waals surface area (Å²) < 4.78 is 0. The van der Waals surface area contributed by atoms with E-state index in [1.165, 1.54) is 32.1 Å². The molecule has 6 nitrogen and oxygen atoms in total. The van der Waals surface area contributed by atoms with E-state index in [0.29, 0.717) is 0 Å². The molecule has 0 aliphatic rings. The van der Waals surface area contributed by atoms with Crippen molar-refractivity contribution in [3.05, 3.63) is 0 Å². The molecule has 0 bridgehead atoms. The maximum atomic E-state index is 11.9. The summed E-state index contributed by atoms with van der Waals surface area (Å²) in [4.78, 5) is 33.4. The first-order valence-corrected chi connectivity index (χ1v) is 8.60. The van der Waals surface area contributed by atoms with Crippen molar-refractivity contribution in [3.8, 4) is 0 Å². The minimum Gasteiger partial charge on any atom is -0.481 e. The van der Waals surface area contributed by atoms with E-state index in [1.807, 2.05) is 6.92 Å². The van der Waals surface area contributed by atoms with Gasteiger partial charge in [0.2, 0.25) is 5.91 Å². The van der Waals surface area contributed by atoms with Crippen molar-refractivity contribution in [1.82, 2.24) is 5.32 Å². The third-order valence-electron chi connectivity index (χ3n) is 3.86. The zero-order chi connectivity index (χ0) is 17.7. The van der Waals surface area contributed by atoms with Crippen LogP contribution >= 0.6 is 0 Å². The monoisotopic (exact) mass is 329 g/mol. The van der Waals surface area contributed by atoms with Crippen molar-refractivity contribution < 1.29 is 24.6 Å². The van der Waals surface area contributed by atoms with Gasteiger partial charge >= 0.3 is 11.9 Å². The highest BCUT2D eigenvalue weighted by Gasteiger charge is 2.21. The van der Waals surface area contributed by atoms with Crippen LogP contribution in [0.25, 0.3) is 0 Å². The van der Waals surface area contributed by atoms with E-state index < -0.39 is 18.0 Å². The van der Waals surface area contributed by atoms with Gasteiger partial charge in [0.15, 0.2) is 0 Å². The molecule has 2 unspecified atom stereocenters. The molecule has 1 amide bonds. The number of amides is 1. The number of unbranched alkanes of at least 4 members (excludes halogenated alkanes) is 5. The number of rotatable bonds is 14. The van der Waals surface area contributed by atoms with Crippen molar-refractivity contribution >= 4 is 17.8 Å². The third kappa shape index (κ3) is 12.6. The van der Waals surface area contributed by atoms with Crippen LogP contribution in [0.15, 0.2) is 0 Å². The highest BCUT2D eigenvalue weighted by Crippen LogP contribution is 2.15. The van der Waals surface area contributed by atoms with Crippen molar-refractivity contribution in [2.45, 2.75) is 84.1 Å². The Hall–Kier alpha value is -1.59. The van der Waals surface area contributed by atoms with Crippen LogP contribution < -0.4 is 5.32 Å². The summed E-state index contributed by atoms with van der Waals surface area (Å²) in [7, 11) is 0. The Bertz CT molecular complexity index is 370. The number of carboxylic acids is 2. The van der Waals surface area contributed by atoms with E-state index in [0.717, 1.165) is 12.8 Å². The average Bonchev–Trinajstić information content (AvgIpc) is 2.46. The third-order valence-corrected chi connectivity index (χ3v) is 3.86. The van der Waals surface area contributed by atoms with E-state index in [1.54, 1.807) is 0 Å². The Morgan fingerprint density at radius 3 is 2.13 bits per heavy atom. The quantitative estimate of drug-likeness (QED) is 0.425. The minimum absolute atomic E-state index is 0.0950. The second kappa shape index (κ2) is 12.9. The summed E-state index contributed by atoms with van der Waals surface area (Å²) in [6, 6.07) is -1.13. The number of hydrogen-bond donors (Lipinski definition) is 3. The highest BCUT2D eigenvalue weighted by atomic mass is 16.4. The predicted molar refractivity (Wildman–Crippen MR) is 88.2 cm³/mol. The molecule has 6 heteroatoms. The van der Waals surface area contributed by atoms with Crippen LogP contribution in [0, 0.1) is 5.92 Å². The van der Waals surface area contributed by atoms with E-state index >= 15 is 0 Å². The predicted octanol–water partition coefficient (Wildman–Crippen LogP) is 3.20. The number of carbonyl (C=O) groups is 3. The minimum atomic E-state index is -1.19. The smallest absolute Gasteiger partial charge is 0.326 e. The molecule has 0 saturated heterocycles. The summed E-state index contributed by atoms with van der Waals surface area (Å²) in [5, 5.41) is 20.0. The lowest BCUT2D eigenvalue weighted by Gasteiger charge is -2.16. The summed E-state index contributed by atoms with van der Waals surface area (Å²) >= 11 is 0. The molecule has 134 valence electrons. The normalized spacial score (nSPS) is 13.3. The molecule has 0 heterocycles. The van der Waals surface area contributed by atoms with E-state index in [-0.39, 0.29) is 31.1 Å². The maximum absolute atomic E-state index is 11.9. The van der Waals surface area contributed by atoms with Gasteiger partial charge in [0.05, 0.1) is 0 Å². The molecule has 0 aromatic carbocycles. The van der Waals surface area contributed by atoms with Crippen molar-refractivity contribution in [2.75, 3.05) is 0 Å². The summed E-state index contributed by atoms with van der Waals surface area (Å²) in [5.74, 6) is -2.37. The first kappa shape index (κ1) is 21.4. The lowest BCUT2D eigenvalue weighted by Crippen LogP contribution is -2.41. The van der Waals surface area contributed by atoms with E-state index in [2.05, 4.69) is 12.2 Å². The SMILES string of the molecule is CCCCCCCCC(C)CC(=O)NC(CCC(=O)O)C(=O)O. The number of nitrogens with one attached hydrogen (secondary N) is 1. The molecule has 0 radical (unpaired) electrons. The number of aliphatic carboxylic acids is 2. The molecule has 0 fully saturated rings. The Morgan fingerprint density at radius 2 is 1.57 bits per heavy atom. The Balaban J connectivity index is 3.95. The zero-order valence-corrected chi connectivity index (χ0v) is 14.3. The fourth-order valence-corrected chi connectivity index (χ4v) is 2.47. The molecular formula is C17H31NO5. The Morgan fingerprint density at radius 1 is 0.957 bits per heavy atom. The molecular weight excluding hydrogens is 298 g/mol. The molecule has 0 aromatic heterocycles. The van der Waals surface area contributed by atoms with Crippen LogP contribution in [0.2, 0.25) is 0 Å². The molecule has 2 atom stereocenters. The second-order valence-electron chi connectivity index (χ2n) is 6.26. The summed E-state index contributed by atoms with van der Waals surface area (Å²) in [6.07, 6.45) is 8.10. The molecule has 3 N–H and O–H groups in total. The van der Waals surface area contributed by atoms with Crippen LogP contribution in [0.4, 0.5) is 0 Å². The molecule has 0 aliphatic carbocycles. The molecule has 0 aromatic rings. The first-order valence-electron chi connectivity index (χ1n) is 8.60. The van der Waals surface area contributed by atoms with Gasteiger partial charge in [-0.15, -0.1) is 0 Å². The van der Waals surface area contributed by atoms with Crippen LogP contribution in [-0.2, 0) is 14.4 Å². The van der Waals surface area contributed by atoms with Gasteiger partial charge in [-0.05, 0) is 12.3 Å². The molecule has 23 heavy (non-hydrogen) atoms. The topological polar surface area (TPSA) is 104 Å². The number of hydrogen-bond acceptors (Lipinski definition) is 3. The van der Waals surface area contributed by atoms with Crippen LogP contribution in [0.1, 0.15) is 78.1 Å². The first-order chi connectivity index (χ1) is 10.9. The van der Waals surface area contributed by atoms with Gasteiger partial charge in [0.1, 0.15) is 6.04 Å². The Labute approximate surface area is 138 Å². The lowest BCUT2D eigenvalue weighted by molar-refractivity contribution is -0.143. The van der Waals surface area contributed by atoms with Crippen LogP contribution in [0.5, 0.6) is 0 Å². The largest absolute Gasteiger partial charge is 0.481 e. The van der Waals surface area contributed by atoms with E-state index in [4.69, 9.17) is 10.2 Å². The van der Waals surface area contributed by atoms with Crippen LogP contribution in [-0.4, -0.2) is 34.1 Å². The summed E-state index contributed by atoms with van der Waals surface area (Å²) in [5.41, 5.74) is 0. The molecule has 0 spiro atoms. The maximum Gasteiger partial charge on any atom is 0.326 e. The van der Waals surface area contributed by atoms with Gasteiger partial charge in [0, 0.05) is 12.8 Å². The summed E-state index contributed by atoms with van der Waals surface area (Å²) in [6.45, 7) is 4.17. The Kier molecular flexibility index (Phi) is 12.0.